The number of benzene rings is 1. The van der Waals surface area contributed by atoms with Crippen molar-refractivity contribution in [3.63, 3.8) is 0 Å². The minimum atomic E-state index is -1.11. The van der Waals surface area contributed by atoms with E-state index in [2.05, 4.69) is 10.3 Å². The molecule has 2 heterocycles. The molecule has 0 aliphatic carbocycles. The standard InChI is InChI=1S/C19H21FN3O5P/c1-19(2,3)28-17(25)22-13-6-4-5-11(16(13)29-20)9-23-10-14-15(27-18(23)26)7-12(24)8-21-14/h4-8,24,29H,9-10H2,1-3H3,(H,22,25). The first kappa shape index (κ1) is 20.8. The molecule has 0 spiro atoms. The minimum Gasteiger partial charge on any atom is -0.506 e. The van der Waals surface area contributed by atoms with Crippen molar-refractivity contribution in [1.29, 1.82) is 0 Å². The largest absolute Gasteiger partial charge is 0.506 e. The lowest BCUT2D eigenvalue weighted by atomic mass is 10.1. The van der Waals surface area contributed by atoms with Crippen molar-refractivity contribution in [2.75, 3.05) is 5.32 Å². The highest BCUT2D eigenvalue weighted by Crippen LogP contribution is 2.29. The zero-order chi connectivity index (χ0) is 21.2. The number of hydrogen-bond donors (Lipinski definition) is 2. The van der Waals surface area contributed by atoms with Crippen LogP contribution in [-0.2, 0) is 17.8 Å². The van der Waals surface area contributed by atoms with Crippen LogP contribution in [0.15, 0.2) is 30.5 Å². The van der Waals surface area contributed by atoms with E-state index in [4.69, 9.17) is 9.47 Å². The van der Waals surface area contributed by atoms with Crippen LogP contribution in [0.1, 0.15) is 32.0 Å². The van der Waals surface area contributed by atoms with Gasteiger partial charge in [0, 0.05) is 11.4 Å². The molecule has 1 aromatic carbocycles. The van der Waals surface area contributed by atoms with E-state index in [1.54, 1.807) is 39.0 Å². The fourth-order valence-corrected chi connectivity index (χ4v) is 3.29. The van der Waals surface area contributed by atoms with Crippen LogP contribution in [0.2, 0.25) is 0 Å². The Kier molecular flexibility index (Phi) is 5.88. The SMILES string of the molecule is CC(C)(C)OC(=O)Nc1cccc(CN2Cc3ncc(O)cc3OC2=O)c1PF. The summed E-state index contributed by atoms with van der Waals surface area (Å²) < 4.78 is 24.2. The first-order valence-corrected chi connectivity index (χ1v) is 9.67. The van der Waals surface area contributed by atoms with Crippen LogP contribution in [0.3, 0.4) is 0 Å². The first-order chi connectivity index (χ1) is 13.7. The van der Waals surface area contributed by atoms with E-state index in [9.17, 15) is 18.9 Å². The summed E-state index contributed by atoms with van der Waals surface area (Å²) in [4.78, 5) is 29.8. The summed E-state index contributed by atoms with van der Waals surface area (Å²) in [6.07, 6.45) is -0.0661. The molecule has 1 aliphatic rings. The Bertz CT molecular complexity index is 948. The Labute approximate surface area is 168 Å². The van der Waals surface area contributed by atoms with Crippen molar-refractivity contribution in [2.45, 2.75) is 39.5 Å². The number of amides is 2. The quantitative estimate of drug-likeness (QED) is 0.728. The fourth-order valence-electron chi connectivity index (χ4n) is 2.76. The van der Waals surface area contributed by atoms with Gasteiger partial charge in [0.1, 0.15) is 25.9 Å². The number of nitrogens with one attached hydrogen (secondary N) is 1. The van der Waals surface area contributed by atoms with E-state index >= 15 is 0 Å². The van der Waals surface area contributed by atoms with Gasteiger partial charge >= 0.3 is 12.2 Å². The van der Waals surface area contributed by atoms with Gasteiger partial charge in [-0.05, 0) is 32.4 Å². The highest BCUT2D eigenvalue weighted by Gasteiger charge is 2.27. The predicted molar refractivity (Wildman–Crippen MR) is 107 cm³/mol. The number of halogens is 1. The Morgan fingerprint density at radius 1 is 1.45 bits per heavy atom. The highest BCUT2D eigenvalue weighted by molar-refractivity contribution is 7.42. The molecule has 154 valence electrons. The third-order valence-electron chi connectivity index (χ3n) is 3.95. The molecule has 1 aliphatic heterocycles. The predicted octanol–water partition coefficient (Wildman–Crippen LogP) is 3.84. The fraction of sp³-hybridized carbons (Fsp3) is 0.316. The second-order valence-corrected chi connectivity index (χ2v) is 8.11. The van der Waals surface area contributed by atoms with Crippen LogP contribution < -0.4 is 15.4 Å². The average molecular weight is 421 g/mol. The highest BCUT2D eigenvalue weighted by atomic mass is 31.1. The van der Waals surface area contributed by atoms with Gasteiger partial charge in [0.25, 0.3) is 0 Å². The number of rotatable bonds is 4. The zero-order valence-electron chi connectivity index (χ0n) is 16.2. The molecule has 1 aromatic heterocycles. The minimum absolute atomic E-state index is 0.0664. The molecule has 0 bridgehead atoms. The molecule has 8 nitrogen and oxygen atoms in total. The lowest BCUT2D eigenvalue weighted by Gasteiger charge is -2.28. The monoisotopic (exact) mass is 421 g/mol. The molecule has 0 saturated carbocycles. The van der Waals surface area contributed by atoms with Crippen molar-refractivity contribution in [1.82, 2.24) is 9.88 Å². The topological polar surface area (TPSA) is 101 Å². The molecule has 0 radical (unpaired) electrons. The van der Waals surface area contributed by atoms with Gasteiger partial charge in [0.15, 0.2) is 5.75 Å². The van der Waals surface area contributed by atoms with Crippen LogP contribution in [0.5, 0.6) is 11.5 Å². The molecule has 0 saturated heterocycles. The van der Waals surface area contributed by atoms with Gasteiger partial charge in [0.2, 0.25) is 0 Å². The Morgan fingerprint density at radius 2 is 2.21 bits per heavy atom. The first-order valence-electron chi connectivity index (χ1n) is 8.79. The molecule has 29 heavy (non-hydrogen) atoms. The number of ether oxygens (including phenoxy) is 2. The second kappa shape index (κ2) is 8.21. The van der Waals surface area contributed by atoms with Crippen molar-refractivity contribution in [3.8, 4) is 11.5 Å². The van der Waals surface area contributed by atoms with E-state index in [0.29, 0.717) is 11.3 Å². The number of carbonyl (C=O) groups is 2. The number of aromatic nitrogens is 1. The maximum absolute atomic E-state index is 13.8. The third-order valence-corrected chi connectivity index (χ3v) is 4.73. The van der Waals surface area contributed by atoms with Crippen molar-refractivity contribution >= 4 is 32.1 Å². The van der Waals surface area contributed by atoms with Crippen LogP contribution in [0.4, 0.5) is 19.5 Å². The molecule has 3 rings (SSSR count). The van der Waals surface area contributed by atoms with Gasteiger partial charge in [-0.25, -0.2) is 13.8 Å². The van der Waals surface area contributed by atoms with Gasteiger partial charge in [-0.1, -0.05) is 12.1 Å². The Morgan fingerprint density at radius 3 is 2.90 bits per heavy atom. The molecule has 2 aromatic rings. The van der Waals surface area contributed by atoms with Crippen LogP contribution in [0, 0.1) is 0 Å². The summed E-state index contributed by atoms with van der Waals surface area (Å²) in [5.74, 6) is 0.0889. The maximum Gasteiger partial charge on any atom is 0.415 e. The van der Waals surface area contributed by atoms with Gasteiger partial charge in [-0.2, -0.15) is 0 Å². The molecule has 2 N–H and O–H groups in total. The van der Waals surface area contributed by atoms with Crippen LogP contribution >= 0.6 is 8.89 Å². The molecule has 2 amide bonds. The summed E-state index contributed by atoms with van der Waals surface area (Å²) in [5, 5.41) is 12.3. The molecule has 1 atom stereocenters. The lowest BCUT2D eigenvalue weighted by molar-refractivity contribution is 0.0636. The van der Waals surface area contributed by atoms with Crippen molar-refractivity contribution in [2.24, 2.45) is 0 Å². The second-order valence-electron chi connectivity index (χ2n) is 7.42. The molecule has 0 fully saturated rings. The third kappa shape index (κ3) is 5.12. The van der Waals surface area contributed by atoms with Gasteiger partial charge in [-0.3, -0.25) is 15.2 Å². The van der Waals surface area contributed by atoms with Crippen molar-refractivity contribution in [3.05, 3.63) is 41.7 Å². The average Bonchev–Trinajstić information content (AvgIpc) is 2.61. The smallest absolute Gasteiger partial charge is 0.415 e. The van der Waals surface area contributed by atoms with Crippen molar-refractivity contribution < 1.29 is 28.4 Å². The molecular weight excluding hydrogens is 400 g/mol. The number of nitrogens with zero attached hydrogens (tertiary/aromatic N) is 2. The summed E-state index contributed by atoms with van der Waals surface area (Å²) in [7, 11) is -1.11. The summed E-state index contributed by atoms with van der Waals surface area (Å²) in [5.41, 5.74) is 0.603. The number of aromatic hydroxyl groups is 1. The normalized spacial score (nSPS) is 13.9. The number of hydrogen-bond acceptors (Lipinski definition) is 6. The van der Waals surface area contributed by atoms with E-state index in [0.717, 1.165) is 0 Å². The van der Waals surface area contributed by atoms with Gasteiger partial charge < -0.3 is 14.6 Å². The van der Waals surface area contributed by atoms with E-state index < -0.39 is 26.7 Å². The van der Waals surface area contributed by atoms with Crippen LogP contribution in [-0.4, -0.2) is 32.8 Å². The van der Waals surface area contributed by atoms with Crippen LogP contribution in [0.25, 0.3) is 0 Å². The van der Waals surface area contributed by atoms with E-state index in [1.807, 2.05) is 0 Å². The van der Waals surface area contributed by atoms with Gasteiger partial charge in [-0.15, -0.1) is 0 Å². The number of anilines is 1. The Hall–Kier alpha value is -2.93. The summed E-state index contributed by atoms with van der Waals surface area (Å²) in [6.45, 7) is 5.40. The summed E-state index contributed by atoms with van der Waals surface area (Å²) in [6, 6.07) is 6.22. The summed E-state index contributed by atoms with van der Waals surface area (Å²) >= 11 is 0. The van der Waals surface area contributed by atoms with Gasteiger partial charge in [0.05, 0.1) is 25.0 Å². The molecule has 10 heteroatoms. The maximum atomic E-state index is 13.8. The molecular formula is C19H21FN3O5P. The number of carbonyl (C=O) groups excluding carboxylic acids is 2. The van der Waals surface area contributed by atoms with E-state index in [-0.39, 0.29) is 35.6 Å². The Balaban J connectivity index is 1.80. The number of fused-ring (bicyclic) bond motifs is 1. The van der Waals surface area contributed by atoms with E-state index in [1.165, 1.54) is 17.2 Å². The zero-order valence-corrected chi connectivity index (χ0v) is 17.2. The lowest BCUT2D eigenvalue weighted by Crippen LogP contribution is -2.38. The number of pyridine rings is 1. The molecule has 1 unspecified atom stereocenters.